The van der Waals surface area contributed by atoms with E-state index in [1.807, 2.05) is 4.90 Å². The first kappa shape index (κ1) is 7.86. The zero-order valence-corrected chi connectivity index (χ0v) is 7.34. The number of urea groups is 1. The third kappa shape index (κ3) is 1.06. The van der Waals surface area contributed by atoms with Crippen LogP contribution in [0.4, 0.5) is 4.79 Å². The average molecular weight is 169 g/mol. The van der Waals surface area contributed by atoms with Crippen LogP contribution in [0.1, 0.15) is 6.42 Å². The Bertz CT molecular complexity index is 195. The summed E-state index contributed by atoms with van der Waals surface area (Å²) in [5.74, 6) is 0.697. The number of rotatable bonds is 0. The van der Waals surface area contributed by atoms with Crippen molar-refractivity contribution in [1.82, 2.24) is 15.5 Å². The zero-order valence-electron chi connectivity index (χ0n) is 7.34. The van der Waals surface area contributed by atoms with Gasteiger partial charge < -0.3 is 15.5 Å². The molecule has 2 atom stereocenters. The molecule has 2 saturated heterocycles. The summed E-state index contributed by atoms with van der Waals surface area (Å²) in [5, 5.41) is 5.99. The van der Waals surface area contributed by atoms with E-state index in [4.69, 9.17) is 0 Å². The van der Waals surface area contributed by atoms with Crippen LogP contribution in [0.15, 0.2) is 0 Å². The minimum absolute atomic E-state index is 0.0752. The number of nitrogens with one attached hydrogen (secondary N) is 2. The van der Waals surface area contributed by atoms with Gasteiger partial charge in [-0.15, -0.1) is 0 Å². The molecule has 0 saturated carbocycles. The van der Waals surface area contributed by atoms with Crippen molar-refractivity contribution in [2.24, 2.45) is 5.92 Å². The Morgan fingerprint density at radius 3 is 3.17 bits per heavy atom. The van der Waals surface area contributed by atoms with Crippen molar-refractivity contribution in [3.63, 3.8) is 0 Å². The molecule has 0 unspecified atom stereocenters. The lowest BCUT2D eigenvalue weighted by molar-refractivity contribution is 0.194. The molecule has 2 rings (SSSR count). The van der Waals surface area contributed by atoms with E-state index in [1.165, 1.54) is 0 Å². The van der Waals surface area contributed by atoms with Crippen LogP contribution in [0.2, 0.25) is 0 Å². The van der Waals surface area contributed by atoms with Crippen molar-refractivity contribution in [2.75, 3.05) is 26.7 Å². The highest BCUT2D eigenvalue weighted by Gasteiger charge is 2.39. The van der Waals surface area contributed by atoms with Crippen LogP contribution >= 0.6 is 0 Å². The first-order valence-corrected chi connectivity index (χ1v) is 4.52. The standard InChI is InChI=1S/C8H15N3O/c1-9-8(12)11-3-2-6-4-10-5-7(6)11/h6-7,10H,2-5H2,1H3,(H,9,12)/t6-,7+/m0/s1. The predicted molar refractivity (Wildman–Crippen MR) is 45.9 cm³/mol. The Kier molecular flexibility index (Phi) is 1.92. The summed E-state index contributed by atoms with van der Waals surface area (Å²) in [6, 6.07) is 0.524. The first-order valence-electron chi connectivity index (χ1n) is 4.52. The van der Waals surface area contributed by atoms with Crippen molar-refractivity contribution in [1.29, 1.82) is 0 Å². The van der Waals surface area contributed by atoms with Gasteiger partial charge in [-0.05, 0) is 12.3 Å². The number of fused-ring (bicyclic) bond motifs is 1. The number of amides is 2. The third-order valence-corrected chi connectivity index (χ3v) is 2.92. The fraction of sp³-hybridized carbons (Fsp3) is 0.875. The average Bonchev–Trinajstić information content (AvgIpc) is 2.62. The fourth-order valence-corrected chi connectivity index (χ4v) is 2.24. The summed E-state index contributed by atoms with van der Waals surface area (Å²) < 4.78 is 0. The Labute approximate surface area is 72.3 Å². The molecule has 68 valence electrons. The van der Waals surface area contributed by atoms with Crippen molar-refractivity contribution in [3.05, 3.63) is 0 Å². The molecule has 0 aromatic carbocycles. The summed E-state index contributed by atoms with van der Waals surface area (Å²) >= 11 is 0. The highest BCUT2D eigenvalue weighted by atomic mass is 16.2. The van der Waals surface area contributed by atoms with E-state index in [1.54, 1.807) is 7.05 Å². The van der Waals surface area contributed by atoms with Crippen molar-refractivity contribution >= 4 is 6.03 Å². The molecule has 0 aromatic heterocycles. The van der Waals surface area contributed by atoms with E-state index in [0.29, 0.717) is 12.0 Å². The van der Waals surface area contributed by atoms with Gasteiger partial charge in [-0.2, -0.15) is 0 Å². The van der Waals surface area contributed by atoms with Crippen LogP contribution in [0, 0.1) is 5.92 Å². The van der Waals surface area contributed by atoms with E-state index in [0.717, 1.165) is 26.1 Å². The lowest BCUT2D eigenvalue weighted by Gasteiger charge is -2.22. The second-order valence-electron chi connectivity index (χ2n) is 3.52. The van der Waals surface area contributed by atoms with Gasteiger partial charge in [0.15, 0.2) is 0 Å². The summed E-state index contributed by atoms with van der Waals surface area (Å²) in [4.78, 5) is 13.3. The van der Waals surface area contributed by atoms with E-state index in [2.05, 4.69) is 10.6 Å². The molecule has 0 spiro atoms. The number of carbonyl (C=O) groups is 1. The van der Waals surface area contributed by atoms with E-state index < -0.39 is 0 Å². The van der Waals surface area contributed by atoms with Gasteiger partial charge in [0.1, 0.15) is 0 Å². The molecule has 0 aromatic rings. The second-order valence-corrected chi connectivity index (χ2v) is 3.52. The van der Waals surface area contributed by atoms with Gasteiger partial charge in [-0.3, -0.25) is 0 Å². The maximum atomic E-state index is 11.3. The Morgan fingerprint density at radius 1 is 1.58 bits per heavy atom. The number of hydrogen-bond donors (Lipinski definition) is 2. The van der Waals surface area contributed by atoms with E-state index in [-0.39, 0.29) is 6.03 Å². The number of hydrogen-bond acceptors (Lipinski definition) is 2. The Balaban J connectivity index is 2.04. The highest BCUT2D eigenvalue weighted by Crippen LogP contribution is 2.26. The SMILES string of the molecule is CNC(=O)N1CC[C@H]2CNC[C@H]21. The summed E-state index contributed by atoms with van der Waals surface area (Å²) in [6.45, 7) is 2.98. The number of nitrogens with zero attached hydrogens (tertiary/aromatic N) is 1. The van der Waals surface area contributed by atoms with Crippen LogP contribution in [0.3, 0.4) is 0 Å². The topological polar surface area (TPSA) is 44.4 Å². The molecule has 2 aliphatic rings. The molecule has 4 nitrogen and oxygen atoms in total. The molecular weight excluding hydrogens is 154 g/mol. The predicted octanol–water partition coefficient (Wildman–Crippen LogP) is -0.380. The maximum absolute atomic E-state index is 11.3. The molecule has 4 heteroatoms. The lowest BCUT2D eigenvalue weighted by Crippen LogP contribution is -2.43. The molecule has 12 heavy (non-hydrogen) atoms. The second kappa shape index (κ2) is 2.94. The molecule has 0 bridgehead atoms. The van der Waals surface area contributed by atoms with Gasteiger partial charge in [0.25, 0.3) is 0 Å². The lowest BCUT2D eigenvalue weighted by atomic mass is 10.1. The fourth-order valence-electron chi connectivity index (χ4n) is 2.24. The van der Waals surface area contributed by atoms with Gasteiger partial charge in [-0.1, -0.05) is 0 Å². The monoisotopic (exact) mass is 169 g/mol. The highest BCUT2D eigenvalue weighted by molar-refractivity contribution is 5.74. The first-order chi connectivity index (χ1) is 5.83. The molecule has 2 aliphatic heterocycles. The maximum Gasteiger partial charge on any atom is 0.317 e. The third-order valence-electron chi connectivity index (χ3n) is 2.92. The quantitative estimate of drug-likeness (QED) is 0.519. The van der Waals surface area contributed by atoms with Crippen LogP contribution < -0.4 is 10.6 Å². The molecule has 2 heterocycles. The minimum Gasteiger partial charge on any atom is -0.341 e. The Morgan fingerprint density at radius 2 is 2.42 bits per heavy atom. The molecule has 2 fully saturated rings. The van der Waals surface area contributed by atoms with Crippen LogP contribution in [0.5, 0.6) is 0 Å². The smallest absolute Gasteiger partial charge is 0.317 e. The van der Waals surface area contributed by atoms with Crippen LogP contribution in [-0.4, -0.2) is 43.7 Å². The number of likely N-dealkylation sites (tertiary alicyclic amines) is 1. The van der Waals surface area contributed by atoms with Crippen LogP contribution in [0.25, 0.3) is 0 Å². The van der Waals surface area contributed by atoms with Crippen LogP contribution in [-0.2, 0) is 0 Å². The summed E-state index contributed by atoms with van der Waals surface area (Å²) in [6.07, 6.45) is 1.16. The molecular formula is C8H15N3O. The molecule has 2 amide bonds. The summed E-state index contributed by atoms with van der Waals surface area (Å²) in [5.41, 5.74) is 0. The van der Waals surface area contributed by atoms with Gasteiger partial charge in [0, 0.05) is 32.7 Å². The van der Waals surface area contributed by atoms with Crippen molar-refractivity contribution < 1.29 is 4.79 Å². The largest absolute Gasteiger partial charge is 0.341 e. The normalized spacial score (nSPS) is 33.6. The van der Waals surface area contributed by atoms with Crippen molar-refractivity contribution in [3.8, 4) is 0 Å². The molecule has 0 aliphatic carbocycles. The van der Waals surface area contributed by atoms with E-state index >= 15 is 0 Å². The minimum atomic E-state index is 0.0752. The Hall–Kier alpha value is -0.770. The van der Waals surface area contributed by atoms with Gasteiger partial charge in [0.2, 0.25) is 0 Å². The summed E-state index contributed by atoms with van der Waals surface area (Å²) in [7, 11) is 1.69. The van der Waals surface area contributed by atoms with Crippen molar-refractivity contribution in [2.45, 2.75) is 12.5 Å². The van der Waals surface area contributed by atoms with Gasteiger partial charge >= 0.3 is 6.03 Å². The molecule has 0 radical (unpaired) electrons. The van der Waals surface area contributed by atoms with Gasteiger partial charge in [0.05, 0.1) is 0 Å². The van der Waals surface area contributed by atoms with E-state index in [9.17, 15) is 4.79 Å². The number of carbonyl (C=O) groups excluding carboxylic acids is 1. The molecule has 2 N–H and O–H groups in total. The van der Waals surface area contributed by atoms with Gasteiger partial charge in [-0.25, -0.2) is 4.79 Å². The zero-order chi connectivity index (χ0) is 8.55.